The van der Waals surface area contributed by atoms with E-state index in [9.17, 15) is 0 Å². The lowest BCUT2D eigenvalue weighted by atomic mass is 10.1. The van der Waals surface area contributed by atoms with Crippen LogP contribution in [-0.2, 0) is 0 Å². The number of rotatable bonds is 6. The highest BCUT2D eigenvalue weighted by molar-refractivity contribution is 9.10. The molecule has 0 aliphatic carbocycles. The van der Waals surface area contributed by atoms with Crippen LogP contribution in [0.2, 0.25) is 0 Å². The third-order valence-corrected chi connectivity index (χ3v) is 6.02. The number of piperazine rings is 1. The van der Waals surface area contributed by atoms with Crippen molar-refractivity contribution in [3.05, 3.63) is 46.7 Å². The minimum absolute atomic E-state index is 0.393. The molecule has 168 valence electrons. The second-order valence-corrected chi connectivity index (χ2v) is 8.56. The van der Waals surface area contributed by atoms with Gasteiger partial charge in [0.05, 0.1) is 23.0 Å². The zero-order valence-corrected chi connectivity index (χ0v) is 20.0. The highest BCUT2D eigenvalue weighted by Gasteiger charge is 2.19. The zero-order chi connectivity index (χ0) is 22.7. The minimum Gasteiger partial charge on any atom is -0.494 e. The summed E-state index contributed by atoms with van der Waals surface area (Å²) in [5, 5.41) is 6.48. The van der Waals surface area contributed by atoms with Gasteiger partial charge >= 0.3 is 0 Å². The average Bonchev–Trinajstić information content (AvgIpc) is 2.78. The van der Waals surface area contributed by atoms with Gasteiger partial charge in [-0.05, 0) is 53.7 Å². The van der Waals surface area contributed by atoms with Gasteiger partial charge < -0.3 is 30.9 Å². The van der Waals surface area contributed by atoms with E-state index in [4.69, 9.17) is 10.5 Å². The van der Waals surface area contributed by atoms with Gasteiger partial charge in [0.25, 0.3) is 0 Å². The van der Waals surface area contributed by atoms with E-state index in [1.807, 2.05) is 12.1 Å². The highest BCUT2D eigenvalue weighted by Crippen LogP contribution is 2.35. The summed E-state index contributed by atoms with van der Waals surface area (Å²) < 4.78 is 6.39. The quantitative estimate of drug-likeness (QED) is 0.468. The number of benzene rings is 1. The molecule has 1 aliphatic rings. The smallest absolute Gasteiger partial charge is 0.229 e. The molecule has 2 aromatic heterocycles. The van der Waals surface area contributed by atoms with Gasteiger partial charge in [-0.1, -0.05) is 0 Å². The molecule has 0 amide bonds. The first kappa shape index (κ1) is 22.1. The topological polar surface area (TPSA) is 104 Å². The molecule has 0 saturated carbocycles. The summed E-state index contributed by atoms with van der Waals surface area (Å²) in [6, 6.07) is 7.80. The molecule has 3 aromatic rings. The number of pyridine rings is 1. The Morgan fingerprint density at radius 2 is 1.88 bits per heavy atom. The Morgan fingerprint density at radius 3 is 2.59 bits per heavy atom. The molecule has 9 nitrogen and oxygen atoms in total. The first-order valence-corrected chi connectivity index (χ1v) is 11.1. The normalized spacial score (nSPS) is 14.3. The molecule has 0 spiro atoms. The number of aromatic nitrogens is 3. The number of aryl methyl sites for hydroxylation is 1. The van der Waals surface area contributed by atoms with Crippen molar-refractivity contribution in [1.82, 2.24) is 19.9 Å². The number of nitrogen functional groups attached to an aromatic ring is 1. The van der Waals surface area contributed by atoms with Crippen LogP contribution >= 0.6 is 15.9 Å². The molecule has 1 aromatic carbocycles. The van der Waals surface area contributed by atoms with Crippen molar-refractivity contribution in [2.75, 3.05) is 61.6 Å². The van der Waals surface area contributed by atoms with Crippen molar-refractivity contribution in [3.63, 3.8) is 0 Å². The number of nitrogens with zero attached hydrogens (tertiary/aromatic N) is 5. The van der Waals surface area contributed by atoms with Gasteiger partial charge in [0.1, 0.15) is 17.4 Å². The van der Waals surface area contributed by atoms with Crippen molar-refractivity contribution >= 4 is 50.6 Å². The maximum absolute atomic E-state index is 5.95. The number of halogens is 1. The molecule has 4 N–H and O–H groups in total. The predicted molar refractivity (Wildman–Crippen MR) is 132 cm³/mol. The summed E-state index contributed by atoms with van der Waals surface area (Å²) >= 11 is 3.49. The Hall–Kier alpha value is -3.11. The van der Waals surface area contributed by atoms with E-state index < -0.39 is 0 Å². The number of hydrogen-bond donors (Lipinski definition) is 3. The molecule has 1 fully saturated rings. The van der Waals surface area contributed by atoms with E-state index in [2.05, 4.69) is 77.4 Å². The van der Waals surface area contributed by atoms with Gasteiger partial charge in [-0.2, -0.15) is 4.98 Å². The van der Waals surface area contributed by atoms with E-state index in [1.54, 1.807) is 19.5 Å². The second-order valence-electron chi connectivity index (χ2n) is 7.71. The summed E-state index contributed by atoms with van der Waals surface area (Å²) in [5.74, 6) is 2.14. The van der Waals surface area contributed by atoms with Crippen LogP contribution in [0.5, 0.6) is 5.75 Å². The third kappa shape index (κ3) is 4.86. The van der Waals surface area contributed by atoms with Gasteiger partial charge in [-0.3, -0.25) is 0 Å². The fourth-order valence-electron chi connectivity index (χ4n) is 3.62. The molecule has 32 heavy (non-hydrogen) atoms. The van der Waals surface area contributed by atoms with E-state index in [-0.39, 0.29) is 0 Å². The summed E-state index contributed by atoms with van der Waals surface area (Å²) in [6.07, 6.45) is 3.32. The standard InChI is InChI=1S/C22H27BrN8O/c1-14-11-17(19(32-3)12-18(14)31-9-7-30(2)8-10-31)28-22-26-13-15(23)21(29-22)27-16-5-4-6-25-20(16)24/h4-6,11-13H,7-10H2,1-3H3,(H2,24,25)(H2,26,27,28,29). The number of likely N-dealkylation sites (N-methyl/N-ethyl adjacent to an activating group) is 1. The monoisotopic (exact) mass is 498 g/mol. The predicted octanol–water partition coefficient (Wildman–Crippen LogP) is 3.77. The maximum atomic E-state index is 5.95. The van der Waals surface area contributed by atoms with Crippen LogP contribution in [0.15, 0.2) is 41.1 Å². The van der Waals surface area contributed by atoms with Gasteiger partial charge in [0, 0.05) is 50.3 Å². The molecule has 1 aliphatic heterocycles. The molecular weight excluding hydrogens is 472 g/mol. The van der Waals surface area contributed by atoms with Crippen LogP contribution in [0.1, 0.15) is 5.56 Å². The maximum Gasteiger partial charge on any atom is 0.229 e. The first-order chi connectivity index (χ1) is 15.4. The number of ether oxygens (including phenoxy) is 1. The van der Waals surface area contributed by atoms with E-state index in [0.717, 1.165) is 43.2 Å². The average molecular weight is 499 g/mol. The summed E-state index contributed by atoms with van der Waals surface area (Å²) in [6.45, 7) is 6.20. The lowest BCUT2D eigenvalue weighted by Gasteiger charge is -2.35. The molecule has 10 heteroatoms. The largest absolute Gasteiger partial charge is 0.494 e. The lowest BCUT2D eigenvalue weighted by molar-refractivity contribution is 0.312. The summed E-state index contributed by atoms with van der Waals surface area (Å²) in [5.41, 5.74) is 9.77. The molecule has 0 unspecified atom stereocenters. The number of methoxy groups -OCH3 is 1. The van der Waals surface area contributed by atoms with Crippen LogP contribution in [0.3, 0.4) is 0 Å². The Labute approximate surface area is 196 Å². The zero-order valence-electron chi connectivity index (χ0n) is 18.4. The van der Waals surface area contributed by atoms with E-state index in [0.29, 0.717) is 27.7 Å². The fraction of sp³-hybridized carbons (Fsp3) is 0.318. The first-order valence-electron chi connectivity index (χ1n) is 10.3. The number of anilines is 6. The van der Waals surface area contributed by atoms with Gasteiger partial charge in [0.2, 0.25) is 5.95 Å². The van der Waals surface area contributed by atoms with Crippen molar-refractivity contribution in [2.24, 2.45) is 0 Å². The Balaban J connectivity index is 1.58. The Bertz CT molecular complexity index is 1100. The van der Waals surface area contributed by atoms with Crippen LogP contribution in [0, 0.1) is 6.92 Å². The number of nitrogens with two attached hydrogens (primary N) is 1. The minimum atomic E-state index is 0.393. The molecule has 4 rings (SSSR count). The summed E-state index contributed by atoms with van der Waals surface area (Å²) in [4.78, 5) is 17.8. The van der Waals surface area contributed by atoms with Gasteiger partial charge in [-0.25, -0.2) is 9.97 Å². The van der Waals surface area contributed by atoms with E-state index in [1.165, 1.54) is 5.69 Å². The molecule has 0 atom stereocenters. The van der Waals surface area contributed by atoms with Gasteiger partial charge in [-0.15, -0.1) is 0 Å². The van der Waals surface area contributed by atoms with Crippen LogP contribution in [0.4, 0.5) is 34.6 Å². The van der Waals surface area contributed by atoms with Crippen molar-refractivity contribution in [2.45, 2.75) is 6.92 Å². The van der Waals surface area contributed by atoms with Crippen molar-refractivity contribution in [1.29, 1.82) is 0 Å². The second kappa shape index (κ2) is 9.58. The van der Waals surface area contributed by atoms with Crippen molar-refractivity contribution < 1.29 is 4.74 Å². The summed E-state index contributed by atoms with van der Waals surface area (Å²) in [7, 11) is 3.83. The molecule has 3 heterocycles. The molecule has 0 bridgehead atoms. The van der Waals surface area contributed by atoms with Crippen molar-refractivity contribution in [3.8, 4) is 5.75 Å². The third-order valence-electron chi connectivity index (χ3n) is 5.44. The van der Waals surface area contributed by atoms with E-state index >= 15 is 0 Å². The Morgan fingerprint density at radius 1 is 1.09 bits per heavy atom. The fourth-order valence-corrected chi connectivity index (χ4v) is 3.91. The Kier molecular flexibility index (Phi) is 6.61. The number of hydrogen-bond acceptors (Lipinski definition) is 9. The van der Waals surface area contributed by atoms with Gasteiger partial charge in [0.15, 0.2) is 0 Å². The molecule has 0 radical (unpaired) electrons. The van der Waals surface area contributed by atoms with Crippen LogP contribution in [0.25, 0.3) is 0 Å². The SMILES string of the molecule is COc1cc(N2CCN(C)CC2)c(C)cc1Nc1ncc(Br)c(Nc2cccnc2N)n1. The molecular formula is C22H27BrN8O. The molecule has 1 saturated heterocycles. The lowest BCUT2D eigenvalue weighted by Crippen LogP contribution is -2.44. The highest BCUT2D eigenvalue weighted by atomic mass is 79.9. The van der Waals surface area contributed by atoms with Crippen LogP contribution < -0.4 is 26.0 Å². The van der Waals surface area contributed by atoms with Crippen LogP contribution in [-0.4, -0.2) is 60.2 Å². The number of nitrogens with one attached hydrogen (secondary N) is 2.